The third kappa shape index (κ3) is 6.13. The molecular weight excluding hydrogens is 389 g/mol. The van der Waals surface area contributed by atoms with Gasteiger partial charge < -0.3 is 25.8 Å². The zero-order chi connectivity index (χ0) is 21.3. The van der Waals surface area contributed by atoms with Crippen molar-refractivity contribution in [2.45, 2.75) is 31.2 Å². The van der Waals surface area contributed by atoms with Crippen molar-refractivity contribution in [1.29, 1.82) is 0 Å². The molecule has 0 aromatic heterocycles. The first-order valence-electron chi connectivity index (χ1n) is 9.62. The number of benzene rings is 2. The lowest BCUT2D eigenvalue weighted by molar-refractivity contribution is -0.125. The third-order valence-corrected chi connectivity index (χ3v) is 4.60. The van der Waals surface area contributed by atoms with Crippen molar-refractivity contribution in [3.05, 3.63) is 78.1 Å². The number of hydrogen-bond acceptors (Lipinski definition) is 4. The number of anilines is 1. The molecule has 3 amide bonds. The molecule has 0 spiro atoms. The van der Waals surface area contributed by atoms with Crippen LogP contribution in [0.15, 0.2) is 66.7 Å². The highest BCUT2D eigenvalue weighted by molar-refractivity contribution is 5.89. The van der Waals surface area contributed by atoms with Gasteiger partial charge in [0.15, 0.2) is 0 Å². The summed E-state index contributed by atoms with van der Waals surface area (Å²) in [5.41, 5.74) is 1.04. The van der Waals surface area contributed by atoms with E-state index >= 15 is 0 Å². The van der Waals surface area contributed by atoms with Crippen LogP contribution in [-0.2, 0) is 16.1 Å². The Kier molecular flexibility index (Phi) is 7.53. The summed E-state index contributed by atoms with van der Waals surface area (Å²) in [7, 11) is 0. The number of aliphatic hydroxyl groups is 1. The van der Waals surface area contributed by atoms with Gasteiger partial charge in [-0.05, 0) is 17.7 Å². The van der Waals surface area contributed by atoms with E-state index in [1.165, 1.54) is 18.2 Å². The van der Waals surface area contributed by atoms with E-state index in [1.54, 1.807) is 18.2 Å². The highest BCUT2D eigenvalue weighted by Gasteiger charge is 2.29. The lowest BCUT2D eigenvalue weighted by Gasteiger charge is -2.31. The minimum Gasteiger partial charge on any atom is -0.394 e. The summed E-state index contributed by atoms with van der Waals surface area (Å²) in [5.74, 6) is -0.739. The van der Waals surface area contributed by atoms with Gasteiger partial charge in [-0.15, -0.1) is 0 Å². The largest absolute Gasteiger partial charge is 0.394 e. The predicted octanol–water partition coefficient (Wildman–Crippen LogP) is 2.34. The Morgan fingerprint density at radius 1 is 1.03 bits per heavy atom. The molecule has 7 nitrogen and oxygen atoms in total. The van der Waals surface area contributed by atoms with Gasteiger partial charge in [-0.3, -0.25) is 4.79 Å². The molecule has 0 bridgehead atoms. The Balaban J connectivity index is 1.50. The number of carbonyl (C=O) groups excluding carboxylic acids is 2. The maximum atomic E-state index is 13.7. The predicted molar refractivity (Wildman–Crippen MR) is 110 cm³/mol. The van der Waals surface area contributed by atoms with E-state index in [2.05, 4.69) is 16.0 Å². The van der Waals surface area contributed by atoms with Crippen LogP contribution in [0.5, 0.6) is 0 Å². The fourth-order valence-electron chi connectivity index (χ4n) is 3.06. The quantitative estimate of drug-likeness (QED) is 0.524. The van der Waals surface area contributed by atoms with Crippen LogP contribution in [0.25, 0.3) is 0 Å². The van der Waals surface area contributed by atoms with Crippen LogP contribution >= 0.6 is 0 Å². The standard InChI is InChI=1S/C22H24FN3O4/c23-17-8-4-5-9-18(17)25-22(29)26-19-11-10-16(30-20(19)14-27)12-21(28)24-13-15-6-2-1-3-7-15/h1-11,16,19-20,27H,12-14H2,(H,24,28)(H2,25,26,29)/t16-,19+,20+/m1/s1. The molecule has 4 N–H and O–H groups in total. The van der Waals surface area contributed by atoms with Gasteiger partial charge in [-0.2, -0.15) is 0 Å². The molecule has 0 radical (unpaired) electrons. The zero-order valence-corrected chi connectivity index (χ0v) is 16.3. The van der Waals surface area contributed by atoms with E-state index < -0.39 is 30.1 Å². The van der Waals surface area contributed by atoms with Gasteiger partial charge >= 0.3 is 6.03 Å². The van der Waals surface area contributed by atoms with Gasteiger partial charge in [-0.25, -0.2) is 9.18 Å². The number of hydrogen-bond donors (Lipinski definition) is 4. The zero-order valence-electron chi connectivity index (χ0n) is 16.3. The van der Waals surface area contributed by atoms with Gasteiger partial charge in [0.1, 0.15) is 11.9 Å². The van der Waals surface area contributed by atoms with E-state index in [0.29, 0.717) is 6.54 Å². The summed E-state index contributed by atoms with van der Waals surface area (Å²) < 4.78 is 19.4. The smallest absolute Gasteiger partial charge is 0.319 e. The average molecular weight is 413 g/mol. The number of urea groups is 1. The molecule has 30 heavy (non-hydrogen) atoms. The van der Waals surface area contributed by atoms with E-state index in [1.807, 2.05) is 30.3 Å². The van der Waals surface area contributed by atoms with E-state index in [4.69, 9.17) is 4.74 Å². The maximum absolute atomic E-state index is 13.7. The monoisotopic (exact) mass is 413 g/mol. The molecule has 3 rings (SSSR count). The van der Waals surface area contributed by atoms with Crippen molar-refractivity contribution >= 4 is 17.6 Å². The summed E-state index contributed by atoms with van der Waals surface area (Å²) in [6.07, 6.45) is 2.18. The first-order chi connectivity index (χ1) is 14.5. The molecule has 3 atom stereocenters. The summed E-state index contributed by atoms with van der Waals surface area (Å²) >= 11 is 0. The van der Waals surface area contributed by atoms with Gasteiger partial charge in [0.25, 0.3) is 0 Å². The van der Waals surface area contributed by atoms with Crippen LogP contribution in [-0.4, -0.2) is 41.9 Å². The lowest BCUT2D eigenvalue weighted by atomic mass is 10.0. The second-order valence-electron chi connectivity index (χ2n) is 6.85. The summed E-state index contributed by atoms with van der Waals surface area (Å²) in [6, 6.07) is 14.1. The molecule has 1 aliphatic heterocycles. The van der Waals surface area contributed by atoms with Crippen molar-refractivity contribution in [3.63, 3.8) is 0 Å². The van der Waals surface area contributed by atoms with Crippen LogP contribution in [0.3, 0.4) is 0 Å². The molecule has 0 aliphatic carbocycles. The Morgan fingerprint density at radius 3 is 2.50 bits per heavy atom. The minimum atomic E-state index is -0.728. The van der Waals surface area contributed by atoms with Crippen LogP contribution < -0.4 is 16.0 Å². The van der Waals surface area contributed by atoms with Gasteiger partial charge in [-0.1, -0.05) is 54.6 Å². The van der Waals surface area contributed by atoms with Crippen LogP contribution in [0.2, 0.25) is 0 Å². The Labute approximate surface area is 173 Å². The highest BCUT2D eigenvalue weighted by atomic mass is 19.1. The Hall–Kier alpha value is -3.23. The van der Waals surface area contributed by atoms with Gasteiger partial charge in [0, 0.05) is 6.54 Å². The molecule has 2 aromatic rings. The Morgan fingerprint density at radius 2 is 1.77 bits per heavy atom. The SMILES string of the molecule is O=C(C[C@H]1C=C[C@H](NC(=O)Nc2ccccc2F)[C@H](CO)O1)NCc1ccccc1. The number of ether oxygens (including phenoxy) is 1. The number of carbonyl (C=O) groups is 2. The summed E-state index contributed by atoms with van der Waals surface area (Å²) in [5, 5.41) is 17.5. The van der Waals surface area contributed by atoms with Crippen molar-refractivity contribution in [3.8, 4) is 0 Å². The molecule has 0 saturated heterocycles. The Bertz CT molecular complexity index is 891. The fraction of sp³-hybridized carbons (Fsp3) is 0.273. The second-order valence-corrected chi connectivity index (χ2v) is 6.85. The summed E-state index contributed by atoms with van der Waals surface area (Å²) in [4.78, 5) is 24.3. The topological polar surface area (TPSA) is 99.7 Å². The van der Waals surface area contributed by atoms with Crippen molar-refractivity contribution in [2.75, 3.05) is 11.9 Å². The second kappa shape index (κ2) is 10.5. The number of aliphatic hydroxyl groups excluding tert-OH is 1. The molecule has 8 heteroatoms. The fourth-order valence-corrected chi connectivity index (χ4v) is 3.06. The number of para-hydroxylation sites is 1. The maximum Gasteiger partial charge on any atom is 0.319 e. The molecule has 0 unspecified atom stereocenters. The van der Waals surface area contributed by atoms with E-state index in [-0.39, 0.29) is 24.6 Å². The minimum absolute atomic E-state index is 0.0456. The van der Waals surface area contributed by atoms with Crippen molar-refractivity contribution in [1.82, 2.24) is 10.6 Å². The average Bonchev–Trinajstić information content (AvgIpc) is 2.75. The molecule has 158 valence electrons. The van der Waals surface area contributed by atoms with Crippen LogP contribution in [0.1, 0.15) is 12.0 Å². The number of amides is 3. The molecular formula is C22H24FN3O4. The van der Waals surface area contributed by atoms with E-state index in [0.717, 1.165) is 5.56 Å². The first kappa shape index (κ1) is 21.5. The molecule has 0 fully saturated rings. The molecule has 2 aromatic carbocycles. The van der Waals surface area contributed by atoms with Crippen LogP contribution in [0.4, 0.5) is 14.9 Å². The van der Waals surface area contributed by atoms with Gasteiger partial charge in [0.05, 0.1) is 30.9 Å². The number of nitrogens with one attached hydrogen (secondary N) is 3. The lowest BCUT2D eigenvalue weighted by Crippen LogP contribution is -2.50. The number of rotatable bonds is 7. The first-order valence-corrected chi connectivity index (χ1v) is 9.62. The highest BCUT2D eigenvalue weighted by Crippen LogP contribution is 2.17. The van der Waals surface area contributed by atoms with Gasteiger partial charge in [0.2, 0.25) is 5.91 Å². The number of halogens is 1. The third-order valence-electron chi connectivity index (χ3n) is 4.60. The molecule has 0 saturated carbocycles. The van der Waals surface area contributed by atoms with E-state index in [9.17, 15) is 19.1 Å². The molecule has 1 aliphatic rings. The summed E-state index contributed by atoms with van der Waals surface area (Å²) in [6.45, 7) is 0.0665. The van der Waals surface area contributed by atoms with Crippen LogP contribution in [0, 0.1) is 5.82 Å². The normalized spacial score (nSPS) is 20.4. The molecule has 1 heterocycles. The van der Waals surface area contributed by atoms with Crippen molar-refractivity contribution in [2.24, 2.45) is 0 Å². The van der Waals surface area contributed by atoms with Crippen molar-refractivity contribution < 1.29 is 23.8 Å².